The van der Waals surface area contributed by atoms with Crippen LogP contribution in [0.1, 0.15) is 16.7 Å². The normalized spacial score (nSPS) is 11.5. The molecule has 0 atom stereocenters. The molecule has 4 heteroatoms. The average Bonchev–Trinajstić information content (AvgIpc) is 2.97. The molecule has 0 radical (unpaired) electrons. The smallest absolute Gasteiger partial charge is 0.195 e. The first kappa shape index (κ1) is 24.0. The molecule has 38 heavy (non-hydrogen) atoms. The number of rotatable bonds is 6. The summed E-state index contributed by atoms with van der Waals surface area (Å²) < 4.78 is 1.96. The molecule has 0 spiro atoms. The van der Waals surface area contributed by atoms with Gasteiger partial charge in [-0.25, -0.2) is 0 Å². The first-order valence-electron chi connectivity index (χ1n) is 12.7. The topological polar surface area (TPSA) is 32.3 Å². The minimum Gasteiger partial charge on any atom is -0.378 e. The molecule has 0 amide bonds. The van der Waals surface area contributed by atoms with E-state index in [1.807, 2.05) is 56.6 Å². The van der Waals surface area contributed by atoms with Gasteiger partial charge in [-0.1, -0.05) is 91.0 Å². The summed E-state index contributed by atoms with van der Waals surface area (Å²) in [7, 11) is 4.03. The predicted octanol–water partition coefficient (Wildman–Crippen LogP) is 7.88. The number of benzene rings is 5. The Balaban J connectivity index is 1.57. The number of fused-ring (bicyclic) bond motifs is 2. The van der Waals surface area contributed by atoms with E-state index in [0.717, 1.165) is 48.2 Å². The molecule has 6 rings (SSSR count). The molecule has 1 heterocycles. The Morgan fingerprint density at radius 2 is 1.08 bits per heavy atom. The van der Waals surface area contributed by atoms with Crippen molar-refractivity contribution < 1.29 is 0 Å². The molecule has 5 aromatic carbocycles. The lowest BCUT2D eigenvalue weighted by Gasteiger charge is -2.38. The first-order chi connectivity index (χ1) is 18.6. The minimum atomic E-state index is -0.628. The lowest BCUT2D eigenvalue weighted by atomic mass is 9.77. The van der Waals surface area contributed by atoms with E-state index < -0.39 is 5.54 Å². The van der Waals surface area contributed by atoms with Crippen molar-refractivity contribution in [2.24, 2.45) is 0 Å². The van der Waals surface area contributed by atoms with Gasteiger partial charge in [-0.15, -0.1) is 11.3 Å². The Hall–Kier alpha value is -4.41. The Kier molecular flexibility index (Phi) is 6.18. The summed E-state index contributed by atoms with van der Waals surface area (Å²) in [6, 6.07) is 43.8. The third-order valence-corrected chi connectivity index (χ3v) is 8.24. The van der Waals surface area contributed by atoms with Crippen LogP contribution < -0.4 is 15.6 Å². The lowest BCUT2D eigenvalue weighted by Crippen LogP contribution is -2.38. The summed E-state index contributed by atoms with van der Waals surface area (Å²) in [6.07, 6.45) is 0. The standard InChI is InChI=1S/C34H28N2OS/c1-36(2)28-19-21-30-32(23-28)38-31-22-27(18-20-29(31)33(30)37)35-34(24-12-6-3-7-13-24,25-14-8-4-9-15-25)26-16-10-5-11-17-26/h3-23,35H,1-2H3. The molecular weight excluding hydrogens is 484 g/mol. The summed E-state index contributed by atoms with van der Waals surface area (Å²) in [5, 5.41) is 5.44. The fourth-order valence-electron chi connectivity index (χ4n) is 5.19. The molecule has 1 N–H and O–H groups in total. The zero-order valence-electron chi connectivity index (χ0n) is 21.4. The summed E-state index contributed by atoms with van der Waals surface area (Å²) in [4.78, 5) is 15.5. The molecule has 0 aliphatic rings. The van der Waals surface area contributed by atoms with Crippen molar-refractivity contribution >= 4 is 42.9 Å². The highest BCUT2D eigenvalue weighted by Gasteiger charge is 2.36. The van der Waals surface area contributed by atoms with Crippen molar-refractivity contribution in [3.05, 3.63) is 154 Å². The second-order valence-corrected chi connectivity index (χ2v) is 10.8. The van der Waals surface area contributed by atoms with Gasteiger partial charge in [0.15, 0.2) is 5.43 Å². The van der Waals surface area contributed by atoms with Crippen LogP contribution in [0.5, 0.6) is 0 Å². The predicted molar refractivity (Wildman–Crippen MR) is 163 cm³/mol. The van der Waals surface area contributed by atoms with Crippen molar-refractivity contribution in [2.45, 2.75) is 5.54 Å². The van der Waals surface area contributed by atoms with E-state index in [9.17, 15) is 4.79 Å². The Bertz CT molecular complexity index is 1680. The van der Waals surface area contributed by atoms with Crippen molar-refractivity contribution in [1.82, 2.24) is 0 Å². The van der Waals surface area contributed by atoms with E-state index >= 15 is 0 Å². The maximum Gasteiger partial charge on any atom is 0.195 e. The SMILES string of the molecule is CN(C)c1ccc2c(=O)c3ccc(NC(c4ccccc4)(c4ccccc4)c4ccccc4)cc3sc2c1. The van der Waals surface area contributed by atoms with Gasteiger partial charge < -0.3 is 10.2 Å². The molecule has 3 nitrogen and oxygen atoms in total. The zero-order chi connectivity index (χ0) is 26.1. The van der Waals surface area contributed by atoms with E-state index in [1.54, 1.807) is 11.3 Å². The van der Waals surface area contributed by atoms with Gasteiger partial charge in [0, 0.05) is 45.6 Å². The van der Waals surface area contributed by atoms with Gasteiger partial charge in [0.25, 0.3) is 0 Å². The molecule has 0 bridgehead atoms. The van der Waals surface area contributed by atoms with Gasteiger partial charge >= 0.3 is 0 Å². The lowest BCUT2D eigenvalue weighted by molar-refractivity contribution is 0.712. The van der Waals surface area contributed by atoms with E-state index in [2.05, 4.69) is 95.1 Å². The van der Waals surface area contributed by atoms with Crippen LogP contribution in [0.15, 0.2) is 132 Å². The molecule has 0 unspecified atom stereocenters. The number of anilines is 2. The average molecular weight is 513 g/mol. The van der Waals surface area contributed by atoms with Gasteiger partial charge in [-0.3, -0.25) is 4.79 Å². The summed E-state index contributed by atoms with van der Waals surface area (Å²) >= 11 is 1.66. The van der Waals surface area contributed by atoms with Gasteiger partial charge in [-0.05, 0) is 53.1 Å². The van der Waals surface area contributed by atoms with Crippen LogP contribution in [0.25, 0.3) is 20.2 Å². The van der Waals surface area contributed by atoms with Crippen LogP contribution in [-0.4, -0.2) is 14.1 Å². The molecule has 6 aromatic rings. The molecule has 0 saturated heterocycles. The van der Waals surface area contributed by atoms with Crippen LogP contribution in [0.2, 0.25) is 0 Å². The number of hydrogen-bond donors (Lipinski definition) is 1. The molecule has 186 valence electrons. The van der Waals surface area contributed by atoms with E-state index in [4.69, 9.17) is 0 Å². The van der Waals surface area contributed by atoms with Gasteiger partial charge in [0.1, 0.15) is 5.54 Å². The van der Waals surface area contributed by atoms with Gasteiger partial charge in [0.2, 0.25) is 0 Å². The quantitative estimate of drug-likeness (QED) is 0.182. The highest BCUT2D eigenvalue weighted by atomic mass is 32.1. The fraction of sp³-hybridized carbons (Fsp3) is 0.0882. The van der Waals surface area contributed by atoms with Crippen molar-refractivity contribution in [3.63, 3.8) is 0 Å². The fourth-order valence-corrected chi connectivity index (χ4v) is 6.34. The largest absolute Gasteiger partial charge is 0.378 e. The van der Waals surface area contributed by atoms with Gasteiger partial charge in [0.05, 0.1) is 0 Å². The molecule has 0 saturated carbocycles. The second kappa shape index (κ2) is 9.81. The van der Waals surface area contributed by atoms with Crippen LogP contribution in [0, 0.1) is 0 Å². The van der Waals surface area contributed by atoms with Crippen LogP contribution >= 0.6 is 11.3 Å². The maximum absolute atomic E-state index is 13.4. The maximum atomic E-state index is 13.4. The molecule has 1 aromatic heterocycles. The van der Waals surface area contributed by atoms with E-state index in [-0.39, 0.29) is 5.43 Å². The summed E-state index contributed by atoms with van der Waals surface area (Å²) in [5.74, 6) is 0. The van der Waals surface area contributed by atoms with Crippen molar-refractivity contribution in [1.29, 1.82) is 0 Å². The number of hydrogen-bond acceptors (Lipinski definition) is 4. The van der Waals surface area contributed by atoms with Gasteiger partial charge in [-0.2, -0.15) is 0 Å². The van der Waals surface area contributed by atoms with Crippen LogP contribution in [0.3, 0.4) is 0 Å². The van der Waals surface area contributed by atoms with E-state index in [0.29, 0.717) is 0 Å². The zero-order valence-corrected chi connectivity index (χ0v) is 22.2. The summed E-state index contributed by atoms with van der Waals surface area (Å²) in [5.41, 5.74) is 4.90. The minimum absolute atomic E-state index is 0.0750. The summed E-state index contributed by atoms with van der Waals surface area (Å²) in [6.45, 7) is 0. The second-order valence-electron chi connectivity index (χ2n) is 9.69. The number of nitrogens with one attached hydrogen (secondary N) is 1. The number of nitrogens with zero attached hydrogens (tertiary/aromatic N) is 1. The van der Waals surface area contributed by atoms with Crippen LogP contribution in [-0.2, 0) is 5.54 Å². The molecule has 0 fully saturated rings. The highest BCUT2D eigenvalue weighted by molar-refractivity contribution is 7.24. The van der Waals surface area contributed by atoms with Crippen molar-refractivity contribution in [3.8, 4) is 0 Å². The van der Waals surface area contributed by atoms with E-state index in [1.165, 1.54) is 0 Å². The Morgan fingerprint density at radius 3 is 1.58 bits per heavy atom. The third kappa shape index (κ3) is 4.13. The van der Waals surface area contributed by atoms with Crippen LogP contribution in [0.4, 0.5) is 11.4 Å². The molecule has 0 aliphatic heterocycles. The molecular formula is C34H28N2OS. The monoisotopic (exact) mass is 512 g/mol. The molecule has 0 aliphatic carbocycles. The van der Waals surface area contributed by atoms with Crippen molar-refractivity contribution in [2.75, 3.05) is 24.3 Å². The third-order valence-electron chi connectivity index (χ3n) is 7.12. The highest BCUT2D eigenvalue weighted by Crippen LogP contribution is 2.41. The Labute approximate surface area is 226 Å². The first-order valence-corrected chi connectivity index (χ1v) is 13.5. The Morgan fingerprint density at radius 1 is 0.605 bits per heavy atom.